The van der Waals surface area contributed by atoms with E-state index < -0.39 is 0 Å². The summed E-state index contributed by atoms with van der Waals surface area (Å²) in [5.41, 5.74) is 6.80. The van der Waals surface area contributed by atoms with Gasteiger partial charge in [-0.25, -0.2) is 9.66 Å². The van der Waals surface area contributed by atoms with Gasteiger partial charge in [-0.3, -0.25) is 4.79 Å². The topological polar surface area (TPSA) is 56.1 Å². The molecule has 0 bridgehead atoms. The molecule has 1 N–H and O–H groups in total. The molecule has 0 spiro atoms. The largest absolute Gasteiger partial charge is 0.494 e. The van der Waals surface area contributed by atoms with Crippen molar-refractivity contribution in [2.75, 3.05) is 12.0 Å². The number of hydrogen-bond donors (Lipinski definition) is 1. The monoisotopic (exact) mass is 385 g/mol. The molecule has 0 unspecified atom stereocenters. The van der Waals surface area contributed by atoms with E-state index in [0.29, 0.717) is 29.9 Å². The zero-order valence-electron chi connectivity index (χ0n) is 16.6. The van der Waals surface area contributed by atoms with E-state index in [9.17, 15) is 4.79 Å². The molecule has 0 amide bonds. The fourth-order valence-corrected chi connectivity index (χ4v) is 3.37. The molecule has 0 saturated carbocycles. The molecule has 1 aromatic heterocycles. The van der Waals surface area contributed by atoms with Crippen LogP contribution in [-0.2, 0) is 6.54 Å². The van der Waals surface area contributed by atoms with Gasteiger partial charge in [0, 0.05) is 11.1 Å². The summed E-state index contributed by atoms with van der Waals surface area (Å²) in [7, 11) is 0. The second kappa shape index (κ2) is 8.19. The van der Waals surface area contributed by atoms with E-state index in [4.69, 9.17) is 9.72 Å². The molecule has 0 saturated heterocycles. The Kier molecular flexibility index (Phi) is 5.29. The maximum atomic E-state index is 13.3. The van der Waals surface area contributed by atoms with Gasteiger partial charge in [0.15, 0.2) is 5.82 Å². The first kappa shape index (κ1) is 18.7. The molecule has 4 rings (SSSR count). The zero-order chi connectivity index (χ0) is 20.2. The lowest BCUT2D eigenvalue weighted by atomic mass is 10.1. The molecular formula is C24H23N3O2. The number of aryl methyl sites for hydroxylation is 1. The van der Waals surface area contributed by atoms with Crippen molar-refractivity contribution in [1.82, 2.24) is 9.66 Å². The van der Waals surface area contributed by atoms with E-state index in [1.165, 1.54) is 0 Å². The third-order valence-corrected chi connectivity index (χ3v) is 4.75. The molecule has 0 aliphatic carbocycles. The smallest absolute Gasteiger partial charge is 0.280 e. The molecule has 4 aromatic rings. The summed E-state index contributed by atoms with van der Waals surface area (Å²) in [6.45, 7) is 5.01. The van der Waals surface area contributed by atoms with Gasteiger partial charge in [-0.1, -0.05) is 54.1 Å². The Morgan fingerprint density at radius 3 is 2.62 bits per heavy atom. The average molecular weight is 385 g/mol. The summed E-state index contributed by atoms with van der Waals surface area (Å²) < 4.78 is 7.25. The predicted octanol–water partition coefficient (Wildman–Crippen LogP) is 4.51. The number of nitrogens with one attached hydrogen (secondary N) is 1. The van der Waals surface area contributed by atoms with Crippen LogP contribution in [0.3, 0.4) is 0 Å². The molecule has 0 radical (unpaired) electrons. The summed E-state index contributed by atoms with van der Waals surface area (Å²) in [4.78, 5) is 18.1. The van der Waals surface area contributed by atoms with Gasteiger partial charge in [-0.2, -0.15) is 0 Å². The van der Waals surface area contributed by atoms with Crippen molar-refractivity contribution >= 4 is 10.9 Å². The van der Waals surface area contributed by atoms with E-state index in [-0.39, 0.29) is 5.56 Å². The molecule has 29 heavy (non-hydrogen) atoms. The van der Waals surface area contributed by atoms with Crippen LogP contribution in [0.2, 0.25) is 0 Å². The van der Waals surface area contributed by atoms with Crippen LogP contribution in [0.5, 0.6) is 5.75 Å². The first-order valence-corrected chi connectivity index (χ1v) is 9.71. The van der Waals surface area contributed by atoms with Crippen molar-refractivity contribution in [1.29, 1.82) is 0 Å². The fraction of sp³-hybridized carbons (Fsp3) is 0.167. The normalized spacial score (nSPS) is 10.8. The minimum Gasteiger partial charge on any atom is -0.494 e. The number of benzene rings is 3. The fourth-order valence-electron chi connectivity index (χ4n) is 3.37. The Morgan fingerprint density at radius 2 is 1.79 bits per heavy atom. The molecule has 0 fully saturated rings. The van der Waals surface area contributed by atoms with Gasteiger partial charge in [-0.15, -0.1) is 0 Å². The van der Waals surface area contributed by atoms with Crippen LogP contribution in [0.25, 0.3) is 22.3 Å². The van der Waals surface area contributed by atoms with Crippen LogP contribution in [0.1, 0.15) is 18.1 Å². The lowest BCUT2D eigenvalue weighted by Crippen LogP contribution is -2.31. The van der Waals surface area contributed by atoms with Crippen LogP contribution in [0, 0.1) is 6.92 Å². The highest BCUT2D eigenvalue weighted by molar-refractivity contribution is 5.79. The molecular weight excluding hydrogens is 362 g/mol. The number of fused-ring (bicyclic) bond motifs is 1. The Balaban J connectivity index is 1.81. The highest BCUT2D eigenvalue weighted by atomic mass is 16.5. The first-order valence-electron chi connectivity index (χ1n) is 9.71. The molecule has 0 atom stereocenters. The lowest BCUT2D eigenvalue weighted by molar-refractivity contribution is 0.336. The van der Waals surface area contributed by atoms with E-state index in [1.807, 2.05) is 80.6 Å². The second-order valence-electron chi connectivity index (χ2n) is 6.84. The summed E-state index contributed by atoms with van der Waals surface area (Å²) in [5.74, 6) is 1.40. The van der Waals surface area contributed by atoms with Gasteiger partial charge < -0.3 is 10.2 Å². The second-order valence-corrected chi connectivity index (χ2v) is 6.84. The predicted molar refractivity (Wildman–Crippen MR) is 117 cm³/mol. The van der Waals surface area contributed by atoms with E-state index in [2.05, 4.69) is 5.43 Å². The number of hydrogen-bond acceptors (Lipinski definition) is 4. The van der Waals surface area contributed by atoms with Crippen molar-refractivity contribution < 1.29 is 4.74 Å². The molecule has 0 aliphatic rings. The highest BCUT2D eigenvalue weighted by Crippen LogP contribution is 2.21. The van der Waals surface area contributed by atoms with Gasteiger partial charge in [0.2, 0.25) is 0 Å². The Morgan fingerprint density at radius 1 is 1.00 bits per heavy atom. The molecule has 5 nitrogen and oxygen atoms in total. The van der Waals surface area contributed by atoms with Gasteiger partial charge in [0.05, 0.1) is 24.1 Å². The van der Waals surface area contributed by atoms with Crippen LogP contribution in [-0.4, -0.2) is 16.3 Å². The molecule has 146 valence electrons. The number of para-hydroxylation sites is 2. The van der Waals surface area contributed by atoms with E-state index in [0.717, 1.165) is 22.4 Å². The first-order chi connectivity index (χ1) is 14.2. The van der Waals surface area contributed by atoms with Gasteiger partial charge in [0.1, 0.15) is 5.75 Å². The third-order valence-electron chi connectivity index (χ3n) is 4.75. The van der Waals surface area contributed by atoms with Crippen molar-refractivity contribution in [3.05, 3.63) is 94.3 Å². The Bertz CT molecular complexity index is 1210. The van der Waals surface area contributed by atoms with Crippen molar-refractivity contribution in [3.63, 3.8) is 0 Å². The average Bonchev–Trinajstić information content (AvgIpc) is 2.74. The third kappa shape index (κ3) is 3.85. The van der Waals surface area contributed by atoms with Crippen LogP contribution in [0.4, 0.5) is 0 Å². The van der Waals surface area contributed by atoms with E-state index in [1.54, 1.807) is 10.7 Å². The lowest BCUT2D eigenvalue weighted by Gasteiger charge is -2.17. The molecule has 5 heteroatoms. The minimum absolute atomic E-state index is 0.124. The molecule has 1 heterocycles. The maximum absolute atomic E-state index is 13.3. The number of nitrogens with zero attached hydrogens (tertiary/aromatic N) is 2. The zero-order valence-corrected chi connectivity index (χ0v) is 16.6. The summed E-state index contributed by atoms with van der Waals surface area (Å²) in [5, 5.41) is 0.578. The number of aromatic nitrogens is 2. The van der Waals surface area contributed by atoms with Crippen LogP contribution < -0.4 is 15.7 Å². The summed E-state index contributed by atoms with van der Waals surface area (Å²) in [6, 6.07) is 23.2. The van der Waals surface area contributed by atoms with Crippen molar-refractivity contribution in [3.8, 4) is 17.1 Å². The van der Waals surface area contributed by atoms with Crippen molar-refractivity contribution in [2.45, 2.75) is 20.4 Å². The highest BCUT2D eigenvalue weighted by Gasteiger charge is 2.13. The quantitative estimate of drug-likeness (QED) is 0.530. The Hall–Kier alpha value is -3.60. The van der Waals surface area contributed by atoms with Crippen LogP contribution in [0.15, 0.2) is 77.6 Å². The summed E-state index contributed by atoms with van der Waals surface area (Å²) >= 11 is 0. The Labute approximate surface area is 169 Å². The number of ether oxygens (including phenoxy) is 1. The SMILES string of the molecule is CCOc1ccccc1CNn1c(-c2cccc(C)c2)nc2ccccc2c1=O. The van der Waals surface area contributed by atoms with Crippen molar-refractivity contribution in [2.24, 2.45) is 0 Å². The maximum Gasteiger partial charge on any atom is 0.280 e. The van der Waals surface area contributed by atoms with Gasteiger partial charge >= 0.3 is 0 Å². The number of rotatable bonds is 6. The molecule has 3 aromatic carbocycles. The van der Waals surface area contributed by atoms with Gasteiger partial charge in [0.25, 0.3) is 5.56 Å². The van der Waals surface area contributed by atoms with E-state index >= 15 is 0 Å². The minimum atomic E-state index is -0.124. The standard InChI is InChI=1S/C24H23N3O2/c1-3-29-22-14-7-4-10-19(22)16-25-27-23(18-11-8-9-17(2)15-18)26-21-13-6-5-12-20(21)24(27)28/h4-15,25H,3,16H2,1-2H3. The summed E-state index contributed by atoms with van der Waals surface area (Å²) in [6.07, 6.45) is 0. The van der Waals surface area contributed by atoms with Gasteiger partial charge in [-0.05, 0) is 38.1 Å². The molecule has 0 aliphatic heterocycles. The van der Waals surface area contributed by atoms with Crippen LogP contribution >= 0.6 is 0 Å².